The summed E-state index contributed by atoms with van der Waals surface area (Å²) in [5.41, 5.74) is 3.13. The second-order valence-electron chi connectivity index (χ2n) is 7.04. The van der Waals surface area contributed by atoms with Crippen molar-refractivity contribution in [1.82, 2.24) is 9.97 Å². The highest BCUT2D eigenvalue weighted by atomic mass is 16.5. The van der Waals surface area contributed by atoms with E-state index in [0.29, 0.717) is 31.0 Å². The van der Waals surface area contributed by atoms with Crippen LogP contribution in [0.2, 0.25) is 0 Å². The Kier molecular flexibility index (Phi) is 6.34. The minimum Gasteiger partial charge on any atom is -0.380 e. The molecule has 2 aromatic heterocycles. The van der Waals surface area contributed by atoms with Crippen LogP contribution in [0.1, 0.15) is 32.9 Å². The van der Waals surface area contributed by atoms with Gasteiger partial charge in [0.25, 0.3) is 0 Å². The standard InChI is InChI=1S/C23H25N3O3/c1-5-19(14(3)7-15(4)21(27)6-2)20-8-16-11-25-22(9-17(16)10-24-20)26-23(28)18-12-29-13-18/h5,7-11,18H,4,6,12-13H2,1-3H3,(H,25,26,28)/b14-7-,19-5+. The van der Waals surface area contributed by atoms with Gasteiger partial charge < -0.3 is 10.1 Å². The summed E-state index contributed by atoms with van der Waals surface area (Å²) in [6.45, 7) is 10.5. The number of aromatic nitrogens is 2. The molecule has 0 bridgehead atoms. The van der Waals surface area contributed by atoms with E-state index in [1.807, 2.05) is 39.0 Å². The zero-order chi connectivity index (χ0) is 21.0. The number of hydrogen-bond donors (Lipinski definition) is 1. The van der Waals surface area contributed by atoms with Crippen LogP contribution in [0.15, 0.2) is 54.4 Å². The first-order valence-corrected chi connectivity index (χ1v) is 9.64. The summed E-state index contributed by atoms with van der Waals surface area (Å²) in [6.07, 6.45) is 7.68. The Morgan fingerprint density at radius 2 is 1.93 bits per heavy atom. The largest absolute Gasteiger partial charge is 0.380 e. The molecule has 0 spiro atoms. The molecule has 3 heterocycles. The molecule has 1 N–H and O–H groups in total. The molecule has 1 amide bonds. The van der Waals surface area contributed by atoms with Crippen LogP contribution in [0, 0.1) is 5.92 Å². The number of carbonyl (C=O) groups excluding carboxylic acids is 2. The predicted octanol–water partition coefficient (Wildman–Crippen LogP) is 4.10. The molecule has 29 heavy (non-hydrogen) atoms. The molecule has 0 radical (unpaired) electrons. The van der Waals surface area contributed by atoms with Crippen LogP contribution in [-0.4, -0.2) is 34.9 Å². The fourth-order valence-electron chi connectivity index (χ4n) is 3.09. The van der Waals surface area contributed by atoms with Gasteiger partial charge in [-0.3, -0.25) is 14.6 Å². The summed E-state index contributed by atoms with van der Waals surface area (Å²) in [4.78, 5) is 32.8. The van der Waals surface area contributed by atoms with E-state index in [1.54, 1.807) is 18.5 Å². The minimum atomic E-state index is -0.102. The molecular weight excluding hydrogens is 366 g/mol. The minimum absolute atomic E-state index is 0.0264. The van der Waals surface area contributed by atoms with Gasteiger partial charge in [-0.25, -0.2) is 4.98 Å². The predicted molar refractivity (Wildman–Crippen MR) is 114 cm³/mol. The van der Waals surface area contributed by atoms with Crippen LogP contribution in [0.5, 0.6) is 0 Å². The number of allylic oxidation sites excluding steroid dienone is 5. The molecule has 6 nitrogen and oxygen atoms in total. The molecule has 2 aromatic rings. The molecule has 1 aliphatic heterocycles. The zero-order valence-corrected chi connectivity index (χ0v) is 17.0. The number of anilines is 1. The van der Waals surface area contributed by atoms with Crippen LogP contribution in [0.4, 0.5) is 5.82 Å². The van der Waals surface area contributed by atoms with E-state index in [2.05, 4.69) is 21.9 Å². The van der Waals surface area contributed by atoms with Gasteiger partial charge >= 0.3 is 0 Å². The normalized spacial score (nSPS) is 15.1. The number of pyridine rings is 2. The van der Waals surface area contributed by atoms with Gasteiger partial charge in [0.05, 0.1) is 24.8 Å². The van der Waals surface area contributed by atoms with Crippen molar-refractivity contribution in [2.45, 2.75) is 27.2 Å². The summed E-state index contributed by atoms with van der Waals surface area (Å²) in [5.74, 6) is 0.347. The maximum Gasteiger partial charge on any atom is 0.233 e. The number of Topliss-reactive ketones (excluding diaryl/α,β-unsaturated/α-hetero) is 1. The van der Waals surface area contributed by atoms with Gasteiger partial charge in [-0.05, 0) is 43.2 Å². The van der Waals surface area contributed by atoms with E-state index in [4.69, 9.17) is 4.74 Å². The number of nitrogens with one attached hydrogen (secondary N) is 1. The van der Waals surface area contributed by atoms with Gasteiger partial charge in [-0.1, -0.05) is 19.6 Å². The monoisotopic (exact) mass is 391 g/mol. The Morgan fingerprint density at radius 1 is 1.24 bits per heavy atom. The van der Waals surface area contributed by atoms with Crippen molar-refractivity contribution < 1.29 is 14.3 Å². The lowest BCUT2D eigenvalue weighted by Crippen LogP contribution is -2.38. The molecule has 0 unspecified atom stereocenters. The van der Waals surface area contributed by atoms with Crippen LogP contribution >= 0.6 is 0 Å². The van der Waals surface area contributed by atoms with Crippen LogP contribution < -0.4 is 5.32 Å². The Hall–Kier alpha value is -3.12. The molecule has 1 aliphatic rings. The van der Waals surface area contributed by atoms with Crippen molar-refractivity contribution in [3.8, 4) is 0 Å². The van der Waals surface area contributed by atoms with Crippen LogP contribution in [0.3, 0.4) is 0 Å². The molecule has 0 saturated carbocycles. The van der Waals surface area contributed by atoms with Crippen molar-refractivity contribution in [2.24, 2.45) is 5.92 Å². The van der Waals surface area contributed by atoms with E-state index in [-0.39, 0.29) is 17.6 Å². The quantitative estimate of drug-likeness (QED) is 0.568. The smallest absolute Gasteiger partial charge is 0.233 e. The zero-order valence-electron chi connectivity index (χ0n) is 17.0. The number of carbonyl (C=O) groups is 2. The fourth-order valence-corrected chi connectivity index (χ4v) is 3.09. The number of hydrogen-bond acceptors (Lipinski definition) is 5. The molecule has 0 aliphatic carbocycles. The average molecular weight is 391 g/mol. The summed E-state index contributed by atoms with van der Waals surface area (Å²) in [6, 6.07) is 3.76. The third kappa shape index (κ3) is 4.66. The van der Waals surface area contributed by atoms with E-state index < -0.39 is 0 Å². The van der Waals surface area contributed by atoms with Gasteiger partial charge in [0.2, 0.25) is 5.91 Å². The summed E-state index contributed by atoms with van der Waals surface area (Å²) < 4.78 is 5.05. The lowest BCUT2D eigenvalue weighted by atomic mass is 9.98. The lowest BCUT2D eigenvalue weighted by Gasteiger charge is -2.24. The molecular formula is C23H25N3O3. The number of rotatable bonds is 7. The fraction of sp³-hybridized carbons (Fsp3) is 0.304. The first-order chi connectivity index (χ1) is 13.9. The molecule has 0 aromatic carbocycles. The van der Waals surface area contributed by atoms with Gasteiger partial charge in [0.15, 0.2) is 5.78 Å². The molecule has 0 atom stereocenters. The van der Waals surface area contributed by atoms with Crippen molar-refractivity contribution >= 4 is 33.9 Å². The number of nitrogens with zero attached hydrogens (tertiary/aromatic N) is 2. The highest BCUT2D eigenvalue weighted by molar-refractivity contribution is 5.98. The Bertz CT molecular complexity index is 1030. The third-order valence-corrected chi connectivity index (χ3v) is 4.92. The van der Waals surface area contributed by atoms with Gasteiger partial charge in [-0.2, -0.15) is 0 Å². The number of fused-ring (bicyclic) bond motifs is 1. The lowest BCUT2D eigenvalue weighted by molar-refractivity contribution is -0.133. The molecule has 1 fully saturated rings. The summed E-state index contributed by atoms with van der Waals surface area (Å²) >= 11 is 0. The van der Waals surface area contributed by atoms with E-state index in [9.17, 15) is 9.59 Å². The number of amides is 1. The third-order valence-electron chi connectivity index (χ3n) is 4.92. The Morgan fingerprint density at radius 3 is 2.55 bits per heavy atom. The number of ether oxygens (including phenoxy) is 1. The van der Waals surface area contributed by atoms with Crippen molar-refractivity contribution in [3.05, 3.63) is 60.1 Å². The molecule has 1 saturated heterocycles. The number of ketones is 1. The second kappa shape index (κ2) is 8.92. The van der Waals surface area contributed by atoms with E-state index in [0.717, 1.165) is 27.6 Å². The van der Waals surface area contributed by atoms with Gasteiger partial charge in [0.1, 0.15) is 5.82 Å². The van der Waals surface area contributed by atoms with Gasteiger partial charge in [-0.15, -0.1) is 0 Å². The maximum atomic E-state index is 12.1. The molecule has 3 rings (SSSR count). The first kappa shape index (κ1) is 20.6. The molecule has 150 valence electrons. The summed E-state index contributed by atoms with van der Waals surface area (Å²) in [5, 5.41) is 4.61. The first-order valence-electron chi connectivity index (χ1n) is 9.64. The van der Waals surface area contributed by atoms with Crippen molar-refractivity contribution in [2.75, 3.05) is 18.5 Å². The van der Waals surface area contributed by atoms with Crippen molar-refractivity contribution in [3.63, 3.8) is 0 Å². The maximum absolute atomic E-state index is 12.1. The van der Waals surface area contributed by atoms with Crippen LogP contribution in [-0.2, 0) is 14.3 Å². The molecule has 6 heteroatoms. The SMILES string of the molecule is C=C(/C=C(C)\C(=C/C)c1cc2cnc(NC(=O)C3COC3)cc2cn1)C(=O)CC. The summed E-state index contributed by atoms with van der Waals surface area (Å²) in [7, 11) is 0. The Balaban J connectivity index is 1.83. The van der Waals surface area contributed by atoms with Gasteiger partial charge in [0, 0.05) is 35.2 Å². The second-order valence-corrected chi connectivity index (χ2v) is 7.04. The van der Waals surface area contributed by atoms with E-state index >= 15 is 0 Å². The highest BCUT2D eigenvalue weighted by Gasteiger charge is 2.26. The Labute approximate surface area is 170 Å². The average Bonchev–Trinajstić information content (AvgIpc) is 2.66. The topological polar surface area (TPSA) is 81.2 Å². The highest BCUT2D eigenvalue weighted by Crippen LogP contribution is 2.26. The van der Waals surface area contributed by atoms with Crippen LogP contribution in [0.25, 0.3) is 16.3 Å². The van der Waals surface area contributed by atoms with Crippen molar-refractivity contribution in [1.29, 1.82) is 0 Å². The van der Waals surface area contributed by atoms with E-state index in [1.165, 1.54) is 0 Å².